The van der Waals surface area contributed by atoms with Crippen molar-refractivity contribution in [2.24, 2.45) is 7.05 Å². The van der Waals surface area contributed by atoms with E-state index < -0.39 is 0 Å². The lowest BCUT2D eigenvalue weighted by atomic mass is 9.95. The van der Waals surface area contributed by atoms with Crippen LogP contribution in [0.3, 0.4) is 0 Å². The lowest BCUT2D eigenvalue weighted by Crippen LogP contribution is -2.22. The minimum atomic E-state index is -0.206. The Labute approximate surface area is 135 Å². The maximum absolute atomic E-state index is 11.9. The van der Waals surface area contributed by atoms with Gasteiger partial charge in [-0.15, -0.1) is 0 Å². The second kappa shape index (κ2) is 5.77. The fourth-order valence-electron chi connectivity index (χ4n) is 2.63. The van der Waals surface area contributed by atoms with Gasteiger partial charge in [0, 0.05) is 30.5 Å². The van der Waals surface area contributed by atoms with Gasteiger partial charge in [-0.05, 0) is 12.2 Å². The summed E-state index contributed by atoms with van der Waals surface area (Å²) in [5.74, 6) is 0.681. The van der Waals surface area contributed by atoms with Crippen molar-refractivity contribution < 1.29 is 4.74 Å². The number of aryl methyl sites for hydroxylation is 1. The van der Waals surface area contributed by atoms with Gasteiger partial charge in [-0.2, -0.15) is 5.10 Å². The van der Waals surface area contributed by atoms with E-state index in [1.165, 1.54) is 6.07 Å². The maximum atomic E-state index is 11.9. The first-order valence-corrected chi connectivity index (χ1v) is 7.77. The van der Waals surface area contributed by atoms with E-state index in [0.29, 0.717) is 18.1 Å². The number of aromatic amines is 1. The molecule has 0 atom stereocenters. The number of rotatable bonds is 2. The summed E-state index contributed by atoms with van der Waals surface area (Å²) in [7, 11) is 1.92. The summed E-state index contributed by atoms with van der Waals surface area (Å²) in [4.78, 5) is 19.2. The molecule has 1 N–H and O–H groups in total. The quantitative estimate of drug-likeness (QED) is 0.920. The molecule has 6 heteroatoms. The number of aromatic nitrogens is 4. The highest BCUT2D eigenvalue weighted by Gasteiger charge is 2.19. The van der Waals surface area contributed by atoms with Crippen LogP contribution in [0.15, 0.2) is 10.9 Å². The molecule has 0 spiro atoms. The first kappa shape index (κ1) is 15.7. The van der Waals surface area contributed by atoms with Gasteiger partial charge in [0.1, 0.15) is 5.82 Å². The van der Waals surface area contributed by atoms with Crippen molar-refractivity contribution in [2.45, 2.75) is 39.2 Å². The smallest absolute Gasteiger partial charge is 0.251 e. The van der Waals surface area contributed by atoms with Gasteiger partial charge in [-0.25, -0.2) is 4.98 Å². The number of nitrogens with one attached hydrogen (secondary N) is 1. The number of hydrogen-bond donors (Lipinski definition) is 1. The fraction of sp³-hybridized carbons (Fsp3) is 0.471. The summed E-state index contributed by atoms with van der Waals surface area (Å²) in [5.41, 5.74) is 3.51. The Hall–Kier alpha value is -2.21. The summed E-state index contributed by atoms with van der Waals surface area (Å²) < 4.78 is 7.38. The Balaban J connectivity index is 1.97. The molecule has 122 valence electrons. The van der Waals surface area contributed by atoms with Crippen molar-refractivity contribution in [3.8, 4) is 0 Å². The molecule has 0 radical (unpaired) electrons. The first-order valence-electron chi connectivity index (χ1n) is 7.77. The molecule has 23 heavy (non-hydrogen) atoms. The van der Waals surface area contributed by atoms with Gasteiger partial charge in [0.15, 0.2) is 0 Å². The van der Waals surface area contributed by atoms with Gasteiger partial charge < -0.3 is 9.72 Å². The first-order chi connectivity index (χ1) is 10.8. The zero-order valence-electron chi connectivity index (χ0n) is 14.0. The van der Waals surface area contributed by atoms with Crippen molar-refractivity contribution >= 4 is 12.2 Å². The van der Waals surface area contributed by atoms with E-state index >= 15 is 0 Å². The molecule has 3 heterocycles. The number of H-pyrrole nitrogens is 1. The third-order valence-electron chi connectivity index (χ3n) is 3.89. The number of hydrogen-bond acceptors (Lipinski definition) is 4. The summed E-state index contributed by atoms with van der Waals surface area (Å²) in [6.07, 6.45) is 4.65. The summed E-state index contributed by atoms with van der Waals surface area (Å²) >= 11 is 0. The molecule has 1 aliphatic rings. The predicted octanol–water partition coefficient (Wildman–Crippen LogP) is 2.04. The Morgan fingerprint density at radius 2 is 2.13 bits per heavy atom. The van der Waals surface area contributed by atoms with E-state index in [9.17, 15) is 4.79 Å². The summed E-state index contributed by atoms with van der Waals surface area (Å²) in [6, 6.07) is 1.51. The zero-order valence-corrected chi connectivity index (χ0v) is 14.0. The van der Waals surface area contributed by atoms with Crippen LogP contribution in [0.2, 0.25) is 0 Å². The Bertz CT molecular complexity index is 809. The van der Waals surface area contributed by atoms with Crippen molar-refractivity contribution in [2.75, 3.05) is 6.61 Å². The van der Waals surface area contributed by atoms with Gasteiger partial charge in [0.2, 0.25) is 0 Å². The van der Waals surface area contributed by atoms with E-state index in [0.717, 1.165) is 30.0 Å². The van der Waals surface area contributed by atoms with Gasteiger partial charge in [-0.3, -0.25) is 9.48 Å². The van der Waals surface area contributed by atoms with Crippen LogP contribution >= 0.6 is 0 Å². The minimum absolute atomic E-state index is 0.139. The molecular formula is C17H22N4O2. The molecule has 2 aromatic heterocycles. The van der Waals surface area contributed by atoms with Gasteiger partial charge in [0.25, 0.3) is 5.56 Å². The SMILES string of the molecule is Cn1nc2c(c1/C=C/c1cc(=O)[nH]c(C(C)(C)C)n1)COCC2. The second-order valence-corrected chi connectivity index (χ2v) is 6.84. The van der Waals surface area contributed by atoms with Crippen molar-refractivity contribution in [3.63, 3.8) is 0 Å². The Kier molecular flexibility index (Phi) is 3.93. The summed E-state index contributed by atoms with van der Waals surface area (Å²) in [6.45, 7) is 7.37. The number of fused-ring (bicyclic) bond motifs is 1. The monoisotopic (exact) mass is 314 g/mol. The molecule has 2 aromatic rings. The van der Waals surface area contributed by atoms with Crippen LogP contribution in [0.5, 0.6) is 0 Å². The van der Waals surface area contributed by atoms with Crippen LogP contribution in [0.1, 0.15) is 49.2 Å². The van der Waals surface area contributed by atoms with E-state index in [-0.39, 0.29) is 11.0 Å². The van der Waals surface area contributed by atoms with Crippen molar-refractivity contribution in [3.05, 3.63) is 44.9 Å². The third-order valence-corrected chi connectivity index (χ3v) is 3.89. The van der Waals surface area contributed by atoms with E-state index in [1.807, 2.05) is 44.7 Å². The van der Waals surface area contributed by atoms with Crippen molar-refractivity contribution in [1.82, 2.24) is 19.7 Å². The molecule has 0 saturated heterocycles. The van der Waals surface area contributed by atoms with Crippen LogP contribution < -0.4 is 5.56 Å². The van der Waals surface area contributed by atoms with Crippen LogP contribution in [0, 0.1) is 0 Å². The predicted molar refractivity (Wildman–Crippen MR) is 89.1 cm³/mol. The topological polar surface area (TPSA) is 72.8 Å². The highest BCUT2D eigenvalue weighted by Crippen LogP contribution is 2.22. The third kappa shape index (κ3) is 3.27. The molecule has 0 fully saturated rings. The lowest BCUT2D eigenvalue weighted by Gasteiger charge is -2.17. The number of ether oxygens (including phenoxy) is 1. The van der Waals surface area contributed by atoms with Crippen LogP contribution in [-0.4, -0.2) is 26.4 Å². The molecule has 0 aromatic carbocycles. The van der Waals surface area contributed by atoms with Crippen LogP contribution in [0.4, 0.5) is 0 Å². The molecular weight excluding hydrogens is 292 g/mol. The van der Waals surface area contributed by atoms with E-state index in [4.69, 9.17) is 4.74 Å². The molecule has 1 aliphatic heterocycles. The molecule has 0 aliphatic carbocycles. The average molecular weight is 314 g/mol. The van der Waals surface area contributed by atoms with Gasteiger partial charge in [-0.1, -0.05) is 20.8 Å². The lowest BCUT2D eigenvalue weighted by molar-refractivity contribution is 0.110. The Morgan fingerprint density at radius 3 is 2.87 bits per heavy atom. The molecule has 3 rings (SSSR count). The van der Waals surface area contributed by atoms with Crippen molar-refractivity contribution in [1.29, 1.82) is 0 Å². The van der Waals surface area contributed by atoms with Crippen LogP contribution in [0.25, 0.3) is 12.2 Å². The normalized spacial score (nSPS) is 15.1. The zero-order chi connectivity index (χ0) is 16.6. The van der Waals surface area contributed by atoms with Gasteiger partial charge in [0.05, 0.1) is 30.3 Å². The number of nitrogens with zero attached hydrogens (tertiary/aromatic N) is 3. The Morgan fingerprint density at radius 1 is 1.35 bits per heavy atom. The largest absolute Gasteiger partial charge is 0.376 e. The fourth-order valence-corrected chi connectivity index (χ4v) is 2.63. The van der Waals surface area contributed by atoms with E-state index in [2.05, 4.69) is 15.1 Å². The molecule has 0 bridgehead atoms. The highest BCUT2D eigenvalue weighted by molar-refractivity contribution is 5.68. The molecule has 6 nitrogen and oxygen atoms in total. The summed E-state index contributed by atoms with van der Waals surface area (Å²) in [5, 5.41) is 4.53. The maximum Gasteiger partial charge on any atom is 0.251 e. The molecule has 0 unspecified atom stereocenters. The van der Waals surface area contributed by atoms with E-state index in [1.54, 1.807) is 0 Å². The van der Waals surface area contributed by atoms with Gasteiger partial charge >= 0.3 is 0 Å². The second-order valence-electron chi connectivity index (χ2n) is 6.84. The molecule has 0 amide bonds. The van der Waals surface area contributed by atoms with Crippen LogP contribution in [-0.2, 0) is 30.2 Å². The molecule has 0 saturated carbocycles. The highest BCUT2D eigenvalue weighted by atomic mass is 16.5. The average Bonchev–Trinajstić information content (AvgIpc) is 2.79. The standard InChI is InChI=1S/C17H22N4O2/c1-17(2,3)16-18-11(9-15(22)19-16)5-6-14-12-10-23-8-7-13(12)20-21(14)4/h5-6,9H,7-8,10H2,1-4H3,(H,18,19,22)/b6-5+. The minimum Gasteiger partial charge on any atom is -0.376 e.